The molecule has 1 fully saturated rings. The molecule has 0 radical (unpaired) electrons. The third-order valence-corrected chi connectivity index (χ3v) is 4.59. The van der Waals surface area contributed by atoms with Gasteiger partial charge in [0, 0.05) is 19.6 Å². The Morgan fingerprint density at radius 1 is 1.55 bits per heavy atom. The molecule has 1 saturated heterocycles. The van der Waals surface area contributed by atoms with Crippen LogP contribution in [0, 0.1) is 0 Å². The number of anilines is 2. The Bertz CT molecular complexity index is 605. The van der Waals surface area contributed by atoms with Crippen LogP contribution in [0.4, 0.5) is 11.4 Å². The molecular formula is C12H19N3O4S. The highest BCUT2D eigenvalue weighted by molar-refractivity contribution is 7.89. The zero-order valence-corrected chi connectivity index (χ0v) is 12.0. The average Bonchev–Trinajstić information content (AvgIpc) is 2.67. The summed E-state index contributed by atoms with van der Waals surface area (Å²) in [6.07, 6.45) is 0.216. The van der Waals surface area contributed by atoms with E-state index in [1.54, 1.807) is 13.0 Å². The maximum Gasteiger partial charge on any atom is 0.240 e. The summed E-state index contributed by atoms with van der Waals surface area (Å²) in [4.78, 5) is -0.134. The van der Waals surface area contributed by atoms with Gasteiger partial charge in [-0.2, -0.15) is 0 Å². The van der Waals surface area contributed by atoms with Gasteiger partial charge in [0.2, 0.25) is 10.0 Å². The van der Waals surface area contributed by atoms with Crippen molar-refractivity contribution < 1.29 is 18.3 Å². The molecule has 20 heavy (non-hydrogen) atoms. The molecule has 2 atom stereocenters. The molecular weight excluding hydrogens is 282 g/mol. The summed E-state index contributed by atoms with van der Waals surface area (Å²) in [5, 5.41) is 18.4. The normalized spacial score (nSPS) is 26.6. The molecule has 0 bridgehead atoms. The molecule has 0 aliphatic carbocycles. The quantitative estimate of drug-likeness (QED) is 0.573. The van der Waals surface area contributed by atoms with Crippen LogP contribution in [-0.4, -0.2) is 38.4 Å². The maximum atomic E-state index is 11.4. The van der Waals surface area contributed by atoms with Gasteiger partial charge in [-0.1, -0.05) is 6.07 Å². The fraction of sp³-hybridized carbons (Fsp3) is 0.500. The first kappa shape index (κ1) is 15.0. The van der Waals surface area contributed by atoms with E-state index in [9.17, 15) is 13.5 Å². The minimum absolute atomic E-state index is 0.0465. The van der Waals surface area contributed by atoms with Gasteiger partial charge >= 0.3 is 0 Å². The van der Waals surface area contributed by atoms with Crippen LogP contribution in [0.2, 0.25) is 0 Å². The third kappa shape index (κ3) is 2.88. The number of ether oxygens (including phenoxy) is 1. The van der Waals surface area contributed by atoms with E-state index in [1.165, 1.54) is 12.1 Å². The van der Waals surface area contributed by atoms with E-state index in [1.807, 2.05) is 0 Å². The Kier molecular flexibility index (Phi) is 3.92. The first-order valence-corrected chi connectivity index (χ1v) is 7.78. The summed E-state index contributed by atoms with van der Waals surface area (Å²) in [6.45, 7) is 2.50. The minimum Gasteiger partial charge on any atom is -0.396 e. The van der Waals surface area contributed by atoms with Crippen molar-refractivity contribution in [2.45, 2.75) is 29.9 Å². The van der Waals surface area contributed by atoms with Crippen molar-refractivity contribution in [1.29, 1.82) is 0 Å². The molecule has 2 rings (SSSR count). The monoisotopic (exact) mass is 301 g/mol. The fourth-order valence-corrected chi connectivity index (χ4v) is 2.88. The zero-order chi connectivity index (χ0) is 15.0. The number of nitrogen functional groups attached to an aromatic ring is 1. The van der Waals surface area contributed by atoms with Gasteiger partial charge in [-0.25, -0.2) is 13.6 Å². The number of hydrogen-bond donors (Lipinski definition) is 4. The van der Waals surface area contributed by atoms with Gasteiger partial charge in [0.05, 0.1) is 17.5 Å². The first-order valence-electron chi connectivity index (χ1n) is 6.23. The molecule has 0 amide bonds. The predicted octanol–water partition coefficient (Wildman–Crippen LogP) is -0.132. The lowest BCUT2D eigenvalue weighted by atomic mass is 9.96. The van der Waals surface area contributed by atoms with E-state index < -0.39 is 15.6 Å². The molecule has 0 spiro atoms. The third-order valence-electron chi connectivity index (χ3n) is 3.62. The van der Waals surface area contributed by atoms with Crippen LogP contribution in [-0.2, 0) is 14.8 Å². The van der Waals surface area contributed by atoms with Crippen LogP contribution in [0.1, 0.15) is 13.3 Å². The van der Waals surface area contributed by atoms with Crippen LogP contribution in [0.15, 0.2) is 23.1 Å². The van der Waals surface area contributed by atoms with Crippen molar-refractivity contribution >= 4 is 21.4 Å². The highest BCUT2D eigenvalue weighted by Crippen LogP contribution is 2.29. The highest BCUT2D eigenvalue weighted by atomic mass is 32.2. The Labute approximate surface area is 118 Å². The first-order chi connectivity index (χ1) is 9.24. The van der Waals surface area contributed by atoms with Crippen LogP contribution in [0.3, 0.4) is 0 Å². The van der Waals surface area contributed by atoms with E-state index in [0.717, 1.165) is 0 Å². The lowest BCUT2D eigenvalue weighted by molar-refractivity contribution is -0.0175. The van der Waals surface area contributed by atoms with E-state index in [2.05, 4.69) is 5.32 Å². The van der Waals surface area contributed by atoms with Gasteiger partial charge in [-0.3, -0.25) is 0 Å². The van der Waals surface area contributed by atoms with Gasteiger partial charge in [0.25, 0.3) is 0 Å². The number of hydrogen-bond acceptors (Lipinski definition) is 6. The van der Waals surface area contributed by atoms with Gasteiger partial charge in [-0.05, 0) is 19.1 Å². The van der Waals surface area contributed by atoms with Gasteiger partial charge in [0.15, 0.2) is 0 Å². The number of rotatable bonds is 4. The molecule has 1 aliphatic rings. The van der Waals surface area contributed by atoms with E-state index in [0.29, 0.717) is 18.7 Å². The van der Waals surface area contributed by atoms with Crippen LogP contribution < -0.4 is 16.2 Å². The summed E-state index contributed by atoms with van der Waals surface area (Å²) in [5.74, 6) is 0. The van der Waals surface area contributed by atoms with Crippen molar-refractivity contribution in [3.8, 4) is 0 Å². The van der Waals surface area contributed by atoms with Crippen molar-refractivity contribution in [3.05, 3.63) is 18.2 Å². The number of nitrogens with two attached hydrogens (primary N) is 2. The summed E-state index contributed by atoms with van der Waals surface area (Å²) in [7, 11) is -3.87. The van der Waals surface area contributed by atoms with Gasteiger partial charge in [-0.15, -0.1) is 0 Å². The summed E-state index contributed by atoms with van der Waals surface area (Å²) in [6, 6.07) is 4.51. The molecule has 8 heteroatoms. The average molecular weight is 301 g/mol. The lowest BCUT2D eigenvalue weighted by Crippen LogP contribution is -2.43. The van der Waals surface area contributed by atoms with E-state index in [4.69, 9.17) is 15.6 Å². The van der Waals surface area contributed by atoms with E-state index >= 15 is 0 Å². The SMILES string of the molecule is CC1OCCC1(O)CNc1cccc(S(N)(=O)=O)c1N. The molecule has 112 valence electrons. The van der Waals surface area contributed by atoms with Crippen LogP contribution in [0.5, 0.6) is 0 Å². The molecule has 6 N–H and O–H groups in total. The Morgan fingerprint density at radius 3 is 2.80 bits per heavy atom. The molecule has 1 aromatic carbocycles. The van der Waals surface area contributed by atoms with Crippen molar-refractivity contribution in [2.75, 3.05) is 24.2 Å². The Hall–Kier alpha value is -1.35. The molecule has 7 nitrogen and oxygen atoms in total. The Morgan fingerprint density at radius 2 is 2.25 bits per heavy atom. The van der Waals surface area contributed by atoms with Crippen molar-refractivity contribution in [3.63, 3.8) is 0 Å². The second kappa shape index (κ2) is 5.21. The molecule has 0 saturated carbocycles. The second-order valence-electron chi connectivity index (χ2n) is 4.98. The smallest absolute Gasteiger partial charge is 0.240 e. The summed E-state index contributed by atoms with van der Waals surface area (Å²) < 4.78 is 28.1. The molecule has 1 aliphatic heterocycles. The van der Waals surface area contributed by atoms with Crippen molar-refractivity contribution in [1.82, 2.24) is 0 Å². The zero-order valence-electron chi connectivity index (χ0n) is 11.2. The standard InChI is InChI=1S/C12H19N3O4S/c1-8-12(16,5-6-19-8)7-15-9-3-2-4-10(11(9)13)20(14,17)18/h2-4,8,15-16H,5-7,13H2,1H3,(H2,14,17,18). The van der Waals surface area contributed by atoms with Crippen molar-refractivity contribution in [2.24, 2.45) is 5.14 Å². The number of aliphatic hydroxyl groups is 1. The number of nitrogens with one attached hydrogen (secondary N) is 1. The second-order valence-corrected chi connectivity index (χ2v) is 6.51. The maximum absolute atomic E-state index is 11.4. The number of sulfonamides is 1. The Balaban J connectivity index is 2.19. The van der Waals surface area contributed by atoms with Crippen LogP contribution >= 0.6 is 0 Å². The fourth-order valence-electron chi connectivity index (χ4n) is 2.20. The van der Waals surface area contributed by atoms with Gasteiger partial charge in [0.1, 0.15) is 10.5 Å². The van der Waals surface area contributed by atoms with E-state index in [-0.39, 0.29) is 23.2 Å². The number of primary sulfonamides is 1. The van der Waals surface area contributed by atoms with Gasteiger partial charge < -0.3 is 20.9 Å². The summed E-state index contributed by atoms with van der Waals surface area (Å²) in [5.41, 5.74) is 5.27. The minimum atomic E-state index is -3.87. The molecule has 1 heterocycles. The number of benzene rings is 1. The number of para-hydroxylation sites is 1. The molecule has 1 aromatic rings. The molecule has 0 aromatic heterocycles. The predicted molar refractivity (Wildman–Crippen MR) is 75.7 cm³/mol. The van der Waals surface area contributed by atoms with Crippen LogP contribution in [0.25, 0.3) is 0 Å². The lowest BCUT2D eigenvalue weighted by Gasteiger charge is -2.27. The highest BCUT2D eigenvalue weighted by Gasteiger charge is 2.39. The summed E-state index contributed by atoms with van der Waals surface area (Å²) >= 11 is 0. The largest absolute Gasteiger partial charge is 0.396 e. The topological polar surface area (TPSA) is 128 Å². The molecule has 2 unspecified atom stereocenters.